The van der Waals surface area contributed by atoms with E-state index < -0.39 is 30.0 Å². The first-order valence-corrected chi connectivity index (χ1v) is 11.1. The number of ether oxygens (including phenoxy) is 2. The molecule has 0 bridgehead atoms. The predicted octanol–water partition coefficient (Wildman–Crippen LogP) is 0.875. The fraction of sp³-hybridized carbons (Fsp3) is 0.458. The number of hydrogen-bond donors (Lipinski definition) is 3. The molecule has 9 heteroatoms. The highest BCUT2D eigenvalue weighted by molar-refractivity contribution is 5.94. The lowest BCUT2D eigenvalue weighted by molar-refractivity contribution is -0.0209. The van der Waals surface area contributed by atoms with Crippen LogP contribution in [0, 0.1) is 5.82 Å². The van der Waals surface area contributed by atoms with Crippen molar-refractivity contribution in [1.29, 1.82) is 0 Å². The summed E-state index contributed by atoms with van der Waals surface area (Å²) in [6, 6.07) is 12.9. The lowest BCUT2D eigenvalue weighted by Gasteiger charge is -2.41. The summed E-state index contributed by atoms with van der Waals surface area (Å²) < 4.78 is 24.8. The number of para-hydroxylation sites is 2. The molecule has 2 saturated heterocycles. The summed E-state index contributed by atoms with van der Waals surface area (Å²) in [5.41, 5.74) is 1.24. The number of carbonyl (C=O) groups excluding carboxylic acids is 1. The molecule has 4 atom stereocenters. The Morgan fingerprint density at radius 3 is 2.61 bits per heavy atom. The van der Waals surface area contributed by atoms with Gasteiger partial charge in [0.2, 0.25) is 0 Å². The van der Waals surface area contributed by atoms with Crippen molar-refractivity contribution >= 4 is 11.6 Å². The van der Waals surface area contributed by atoms with E-state index >= 15 is 0 Å². The molecule has 0 spiro atoms. The van der Waals surface area contributed by atoms with E-state index in [-0.39, 0.29) is 24.8 Å². The maximum atomic E-state index is 13.4. The van der Waals surface area contributed by atoms with Crippen molar-refractivity contribution in [3.8, 4) is 5.75 Å². The Balaban J connectivity index is 1.41. The molecule has 2 aromatic carbocycles. The first-order valence-electron chi connectivity index (χ1n) is 11.1. The van der Waals surface area contributed by atoms with E-state index in [2.05, 4.69) is 15.1 Å². The summed E-state index contributed by atoms with van der Waals surface area (Å²) in [7, 11) is 1.65. The summed E-state index contributed by atoms with van der Waals surface area (Å²) >= 11 is 0. The lowest BCUT2D eigenvalue weighted by Crippen LogP contribution is -2.57. The topological polar surface area (TPSA) is 94.5 Å². The van der Waals surface area contributed by atoms with E-state index in [9.17, 15) is 19.4 Å². The number of carbonyl (C=O) groups is 1. The molecule has 2 fully saturated rings. The van der Waals surface area contributed by atoms with Crippen molar-refractivity contribution in [3.05, 3.63) is 59.9 Å². The molecule has 1 amide bonds. The van der Waals surface area contributed by atoms with Gasteiger partial charge in [0, 0.05) is 38.3 Å². The lowest BCUT2D eigenvalue weighted by atomic mass is 10.0. The highest BCUT2D eigenvalue weighted by atomic mass is 19.1. The van der Waals surface area contributed by atoms with Crippen molar-refractivity contribution in [1.82, 2.24) is 10.2 Å². The number of rotatable bonds is 7. The van der Waals surface area contributed by atoms with Crippen LogP contribution in [0.4, 0.5) is 10.1 Å². The van der Waals surface area contributed by atoms with Crippen molar-refractivity contribution in [3.63, 3.8) is 0 Å². The minimum absolute atomic E-state index is 0.139. The summed E-state index contributed by atoms with van der Waals surface area (Å²) in [5, 5.41) is 23.3. The standard InChI is InChI=1S/C24H30FN3O5/c1-32-19-8-3-2-7-18(19)27-9-11-28(12-10-27)22-20(33-21(15-29)23(22)30)14-26-24(31)16-5-4-6-17(25)13-16/h2-8,13,20-23,29-30H,9-12,14-15H2,1H3,(H,26,31). The molecule has 33 heavy (non-hydrogen) atoms. The van der Waals surface area contributed by atoms with Gasteiger partial charge in [-0.2, -0.15) is 0 Å². The number of amides is 1. The zero-order valence-corrected chi connectivity index (χ0v) is 18.6. The average Bonchev–Trinajstić information content (AvgIpc) is 3.17. The molecule has 8 nitrogen and oxygen atoms in total. The van der Waals surface area contributed by atoms with E-state index in [1.165, 1.54) is 24.3 Å². The second-order valence-electron chi connectivity index (χ2n) is 8.29. The largest absolute Gasteiger partial charge is 0.495 e. The van der Waals surface area contributed by atoms with Crippen LogP contribution in [0.5, 0.6) is 5.75 Å². The van der Waals surface area contributed by atoms with E-state index in [1.54, 1.807) is 7.11 Å². The monoisotopic (exact) mass is 459 g/mol. The molecule has 178 valence electrons. The number of nitrogens with one attached hydrogen (secondary N) is 1. The Morgan fingerprint density at radius 2 is 1.91 bits per heavy atom. The molecule has 4 rings (SSSR count). The third kappa shape index (κ3) is 5.11. The van der Waals surface area contributed by atoms with Crippen LogP contribution >= 0.6 is 0 Å². The van der Waals surface area contributed by atoms with Crippen LogP contribution in [0.15, 0.2) is 48.5 Å². The van der Waals surface area contributed by atoms with Crippen LogP contribution in [0.3, 0.4) is 0 Å². The molecular formula is C24H30FN3O5. The Bertz CT molecular complexity index is 953. The van der Waals surface area contributed by atoms with Crippen LogP contribution in [0.1, 0.15) is 10.4 Å². The average molecular weight is 460 g/mol. The second kappa shape index (κ2) is 10.5. The van der Waals surface area contributed by atoms with Crippen molar-refractivity contribution in [2.24, 2.45) is 0 Å². The van der Waals surface area contributed by atoms with Crippen LogP contribution in [0.25, 0.3) is 0 Å². The highest BCUT2D eigenvalue weighted by Gasteiger charge is 2.46. The summed E-state index contributed by atoms with van der Waals surface area (Å²) in [6.45, 7) is 2.64. The molecule has 0 aromatic heterocycles. The molecule has 2 aromatic rings. The third-order valence-corrected chi connectivity index (χ3v) is 6.35. The van der Waals surface area contributed by atoms with Gasteiger partial charge >= 0.3 is 0 Å². The molecular weight excluding hydrogens is 429 g/mol. The van der Waals surface area contributed by atoms with Crippen LogP contribution < -0.4 is 15.0 Å². The zero-order chi connectivity index (χ0) is 23.4. The minimum atomic E-state index is -0.885. The number of hydrogen-bond acceptors (Lipinski definition) is 7. The molecule has 2 aliphatic rings. The number of aliphatic hydroxyl groups is 2. The summed E-state index contributed by atoms with van der Waals surface area (Å²) in [6.07, 6.45) is -2.12. The molecule has 3 N–H and O–H groups in total. The molecule has 0 aliphatic carbocycles. The fourth-order valence-electron chi connectivity index (χ4n) is 4.67. The van der Waals surface area contributed by atoms with Gasteiger partial charge in [0.05, 0.1) is 31.5 Å². The van der Waals surface area contributed by atoms with E-state index in [1.807, 2.05) is 24.3 Å². The van der Waals surface area contributed by atoms with E-state index in [0.29, 0.717) is 13.1 Å². The normalized spacial score (nSPS) is 25.8. The number of piperazine rings is 1. The van der Waals surface area contributed by atoms with Crippen LogP contribution in [-0.2, 0) is 4.74 Å². The number of methoxy groups -OCH3 is 1. The predicted molar refractivity (Wildman–Crippen MR) is 121 cm³/mol. The SMILES string of the molecule is COc1ccccc1N1CCN(C2C(CNC(=O)c3cccc(F)c3)OC(CO)C2O)CC1. The Kier molecular flexibility index (Phi) is 7.44. The molecule has 2 heterocycles. The summed E-state index contributed by atoms with van der Waals surface area (Å²) in [5.74, 6) is -0.0884. The maximum Gasteiger partial charge on any atom is 0.251 e. The van der Waals surface area contributed by atoms with E-state index in [0.717, 1.165) is 24.5 Å². The van der Waals surface area contributed by atoms with Gasteiger partial charge in [0.25, 0.3) is 5.91 Å². The fourth-order valence-corrected chi connectivity index (χ4v) is 4.67. The Labute approximate surface area is 192 Å². The third-order valence-electron chi connectivity index (χ3n) is 6.35. The maximum absolute atomic E-state index is 13.4. The first kappa shape index (κ1) is 23.4. The number of nitrogens with zero attached hydrogens (tertiary/aromatic N) is 2. The van der Waals surface area contributed by atoms with Crippen molar-refractivity contribution in [2.45, 2.75) is 24.4 Å². The minimum Gasteiger partial charge on any atom is -0.495 e. The van der Waals surface area contributed by atoms with Gasteiger partial charge in [-0.15, -0.1) is 0 Å². The zero-order valence-electron chi connectivity index (χ0n) is 18.6. The smallest absolute Gasteiger partial charge is 0.251 e. The van der Waals surface area contributed by atoms with E-state index in [4.69, 9.17) is 9.47 Å². The number of halogens is 1. The van der Waals surface area contributed by atoms with Gasteiger partial charge in [0.15, 0.2) is 0 Å². The molecule has 0 radical (unpaired) electrons. The van der Waals surface area contributed by atoms with Crippen LogP contribution in [0.2, 0.25) is 0 Å². The second-order valence-corrected chi connectivity index (χ2v) is 8.29. The van der Waals surface area contributed by atoms with Crippen LogP contribution in [-0.4, -0.2) is 91.8 Å². The van der Waals surface area contributed by atoms with Crippen molar-refractivity contribution < 1.29 is 28.9 Å². The number of anilines is 1. The number of benzene rings is 2. The first-order chi connectivity index (χ1) is 16.0. The van der Waals surface area contributed by atoms with Gasteiger partial charge in [-0.1, -0.05) is 18.2 Å². The van der Waals surface area contributed by atoms with Crippen molar-refractivity contribution in [2.75, 3.05) is 51.3 Å². The highest BCUT2D eigenvalue weighted by Crippen LogP contribution is 2.31. The molecule has 4 unspecified atom stereocenters. The van der Waals surface area contributed by atoms with Gasteiger partial charge in [-0.3, -0.25) is 9.69 Å². The quantitative estimate of drug-likeness (QED) is 0.566. The van der Waals surface area contributed by atoms with Gasteiger partial charge in [-0.05, 0) is 30.3 Å². The Hall–Kier alpha value is -2.72. The van der Waals surface area contributed by atoms with Gasteiger partial charge in [-0.25, -0.2) is 4.39 Å². The molecule has 0 saturated carbocycles. The Morgan fingerprint density at radius 1 is 1.15 bits per heavy atom. The summed E-state index contributed by atoms with van der Waals surface area (Å²) in [4.78, 5) is 16.8. The molecule has 2 aliphatic heterocycles. The van der Waals surface area contributed by atoms with Gasteiger partial charge in [0.1, 0.15) is 23.8 Å². The number of aliphatic hydroxyl groups excluding tert-OH is 2. The van der Waals surface area contributed by atoms with Gasteiger partial charge < -0.3 is 29.9 Å².